The number of rotatable bonds is 3. The Labute approximate surface area is 112 Å². The molecule has 1 N–H and O–H groups in total. The fourth-order valence-corrected chi connectivity index (χ4v) is 3.69. The molecule has 2 aliphatic rings. The van der Waals surface area contributed by atoms with Crippen LogP contribution in [0.15, 0.2) is 30.6 Å². The molecule has 0 aliphatic heterocycles. The van der Waals surface area contributed by atoms with Gasteiger partial charge in [0.15, 0.2) is 0 Å². The van der Waals surface area contributed by atoms with Crippen LogP contribution >= 0.6 is 0 Å². The van der Waals surface area contributed by atoms with Crippen LogP contribution in [0.4, 0.5) is 5.69 Å². The summed E-state index contributed by atoms with van der Waals surface area (Å²) in [7, 11) is 0. The van der Waals surface area contributed by atoms with Gasteiger partial charge in [-0.05, 0) is 53.7 Å². The zero-order chi connectivity index (χ0) is 12.7. The zero-order valence-corrected chi connectivity index (χ0v) is 10.7. The quantitative estimate of drug-likeness (QED) is 0.914. The summed E-state index contributed by atoms with van der Waals surface area (Å²) < 4.78 is 1.72. The van der Waals surface area contributed by atoms with Crippen molar-refractivity contribution in [2.24, 2.45) is 11.8 Å². The number of tetrazole rings is 1. The maximum atomic E-state index is 3.99. The highest BCUT2D eigenvalue weighted by molar-refractivity contribution is 5.61. The predicted octanol–water partition coefficient (Wildman–Crippen LogP) is 2.26. The van der Waals surface area contributed by atoms with E-state index >= 15 is 0 Å². The second-order valence-corrected chi connectivity index (χ2v) is 5.70. The molecule has 2 bridgehead atoms. The van der Waals surface area contributed by atoms with Crippen LogP contribution in [0.1, 0.15) is 25.7 Å². The SMILES string of the molecule is c1ccc(-n2cnnn2)c(NC2CC3CCC2C3)c1. The lowest BCUT2D eigenvalue weighted by atomic mass is 9.95. The summed E-state index contributed by atoms with van der Waals surface area (Å²) in [6.45, 7) is 0. The third kappa shape index (κ3) is 1.89. The number of benzene rings is 1. The standard InChI is InChI=1S/C14H17N5/c1-2-4-14(19-9-15-17-18-19)12(3-1)16-13-8-10-5-6-11(13)7-10/h1-4,9-11,13,16H,5-8H2. The Hall–Kier alpha value is -1.91. The van der Waals surface area contributed by atoms with E-state index in [0.717, 1.165) is 23.2 Å². The molecule has 0 radical (unpaired) electrons. The summed E-state index contributed by atoms with van der Waals surface area (Å²) in [6.07, 6.45) is 7.17. The van der Waals surface area contributed by atoms with Gasteiger partial charge in [-0.3, -0.25) is 0 Å². The topological polar surface area (TPSA) is 55.6 Å². The Morgan fingerprint density at radius 3 is 2.84 bits per heavy atom. The minimum absolute atomic E-state index is 0.622. The van der Waals surface area contributed by atoms with Crippen molar-refractivity contribution < 1.29 is 0 Å². The Bertz CT molecular complexity index is 565. The molecule has 0 saturated heterocycles. The van der Waals surface area contributed by atoms with E-state index in [1.807, 2.05) is 12.1 Å². The van der Waals surface area contributed by atoms with Gasteiger partial charge in [0.1, 0.15) is 6.33 Å². The van der Waals surface area contributed by atoms with Crippen molar-refractivity contribution in [3.8, 4) is 5.69 Å². The second-order valence-electron chi connectivity index (χ2n) is 5.70. The van der Waals surface area contributed by atoms with Crippen molar-refractivity contribution in [1.29, 1.82) is 0 Å². The van der Waals surface area contributed by atoms with Gasteiger partial charge in [0.05, 0.1) is 11.4 Å². The summed E-state index contributed by atoms with van der Waals surface area (Å²) in [5.74, 6) is 1.80. The predicted molar refractivity (Wildman–Crippen MR) is 72.0 cm³/mol. The molecule has 3 unspecified atom stereocenters. The lowest BCUT2D eigenvalue weighted by Crippen LogP contribution is -2.26. The molecule has 0 amide bonds. The van der Waals surface area contributed by atoms with Crippen molar-refractivity contribution in [3.05, 3.63) is 30.6 Å². The summed E-state index contributed by atoms with van der Waals surface area (Å²) in [5, 5.41) is 15.1. The van der Waals surface area contributed by atoms with Crippen molar-refractivity contribution in [2.45, 2.75) is 31.7 Å². The first-order valence-corrected chi connectivity index (χ1v) is 6.99. The number of aromatic nitrogens is 4. The second kappa shape index (κ2) is 4.33. The zero-order valence-electron chi connectivity index (χ0n) is 10.7. The van der Waals surface area contributed by atoms with Gasteiger partial charge >= 0.3 is 0 Å². The van der Waals surface area contributed by atoms with Crippen LogP contribution in [0.25, 0.3) is 5.69 Å². The van der Waals surface area contributed by atoms with Crippen LogP contribution in [-0.2, 0) is 0 Å². The van der Waals surface area contributed by atoms with Crippen molar-refractivity contribution in [1.82, 2.24) is 20.2 Å². The molecule has 4 rings (SSSR count). The molecule has 5 nitrogen and oxygen atoms in total. The lowest BCUT2D eigenvalue weighted by molar-refractivity contribution is 0.439. The van der Waals surface area contributed by atoms with Crippen LogP contribution in [0.5, 0.6) is 0 Å². The minimum Gasteiger partial charge on any atom is -0.380 e. The molecular weight excluding hydrogens is 238 g/mol. The van der Waals surface area contributed by atoms with Crippen LogP contribution < -0.4 is 5.32 Å². The number of nitrogens with one attached hydrogen (secondary N) is 1. The highest BCUT2D eigenvalue weighted by Crippen LogP contribution is 2.45. The molecular formula is C14H17N5. The molecule has 1 heterocycles. The monoisotopic (exact) mass is 255 g/mol. The van der Waals surface area contributed by atoms with Gasteiger partial charge in [-0.15, -0.1) is 5.10 Å². The van der Waals surface area contributed by atoms with E-state index in [1.165, 1.54) is 25.7 Å². The largest absolute Gasteiger partial charge is 0.380 e. The third-order valence-corrected chi connectivity index (χ3v) is 4.58. The minimum atomic E-state index is 0.622. The normalized spacial score (nSPS) is 28.7. The maximum absolute atomic E-state index is 3.99. The molecule has 1 aromatic carbocycles. The lowest BCUT2D eigenvalue weighted by Gasteiger charge is -2.25. The van der Waals surface area contributed by atoms with E-state index in [0.29, 0.717) is 6.04 Å². The summed E-state index contributed by atoms with van der Waals surface area (Å²) >= 11 is 0. The van der Waals surface area contributed by atoms with Crippen LogP contribution in [0.3, 0.4) is 0 Å². The van der Waals surface area contributed by atoms with Crippen molar-refractivity contribution in [3.63, 3.8) is 0 Å². The maximum Gasteiger partial charge on any atom is 0.143 e. The number of nitrogens with zero attached hydrogens (tertiary/aromatic N) is 4. The molecule has 0 spiro atoms. The smallest absolute Gasteiger partial charge is 0.143 e. The Balaban J connectivity index is 1.61. The first-order valence-electron chi connectivity index (χ1n) is 6.99. The number of hydrogen-bond donors (Lipinski definition) is 1. The van der Waals surface area contributed by atoms with E-state index in [1.54, 1.807) is 11.0 Å². The Morgan fingerprint density at radius 2 is 2.11 bits per heavy atom. The molecule has 98 valence electrons. The molecule has 3 atom stereocenters. The van der Waals surface area contributed by atoms with Crippen LogP contribution in [-0.4, -0.2) is 26.2 Å². The molecule has 1 aromatic heterocycles. The van der Waals surface area contributed by atoms with Crippen molar-refractivity contribution >= 4 is 5.69 Å². The molecule has 2 aromatic rings. The molecule has 5 heteroatoms. The first-order chi connectivity index (χ1) is 9.40. The average Bonchev–Trinajstić information content (AvgIpc) is 3.17. The average molecular weight is 255 g/mol. The first kappa shape index (κ1) is 11.0. The summed E-state index contributed by atoms with van der Waals surface area (Å²) in [6, 6.07) is 8.86. The van der Waals surface area contributed by atoms with E-state index < -0.39 is 0 Å². The van der Waals surface area contributed by atoms with Gasteiger partial charge < -0.3 is 5.32 Å². The van der Waals surface area contributed by atoms with Crippen LogP contribution in [0.2, 0.25) is 0 Å². The molecule has 2 aliphatic carbocycles. The van der Waals surface area contributed by atoms with E-state index in [9.17, 15) is 0 Å². The van der Waals surface area contributed by atoms with Gasteiger partial charge in [-0.1, -0.05) is 18.6 Å². The van der Waals surface area contributed by atoms with E-state index in [-0.39, 0.29) is 0 Å². The van der Waals surface area contributed by atoms with E-state index in [4.69, 9.17) is 0 Å². The van der Waals surface area contributed by atoms with Gasteiger partial charge in [0.2, 0.25) is 0 Å². The van der Waals surface area contributed by atoms with Gasteiger partial charge in [-0.2, -0.15) is 4.68 Å². The summed E-state index contributed by atoms with van der Waals surface area (Å²) in [4.78, 5) is 0. The van der Waals surface area contributed by atoms with Crippen LogP contribution in [0, 0.1) is 11.8 Å². The highest BCUT2D eigenvalue weighted by atomic mass is 15.5. The molecule has 19 heavy (non-hydrogen) atoms. The van der Waals surface area contributed by atoms with Crippen molar-refractivity contribution in [2.75, 3.05) is 5.32 Å². The number of anilines is 1. The van der Waals surface area contributed by atoms with Gasteiger partial charge in [0.25, 0.3) is 0 Å². The number of para-hydroxylation sites is 2. The number of fused-ring (bicyclic) bond motifs is 2. The Kier molecular flexibility index (Phi) is 2.50. The fraction of sp³-hybridized carbons (Fsp3) is 0.500. The molecule has 2 fully saturated rings. The van der Waals surface area contributed by atoms with Gasteiger partial charge in [0, 0.05) is 6.04 Å². The number of hydrogen-bond acceptors (Lipinski definition) is 4. The molecule has 2 saturated carbocycles. The third-order valence-electron chi connectivity index (χ3n) is 4.58. The highest BCUT2D eigenvalue weighted by Gasteiger charge is 2.39. The fourth-order valence-electron chi connectivity index (χ4n) is 3.69. The van der Waals surface area contributed by atoms with E-state index in [2.05, 4.69) is 33.0 Å². The summed E-state index contributed by atoms with van der Waals surface area (Å²) in [5.41, 5.74) is 2.16. The Morgan fingerprint density at radius 1 is 1.16 bits per heavy atom. The van der Waals surface area contributed by atoms with Gasteiger partial charge in [-0.25, -0.2) is 0 Å².